The molecule has 51 heavy (non-hydrogen) atoms. The highest BCUT2D eigenvalue weighted by Crippen LogP contribution is 2.38. The Kier molecular flexibility index (Phi) is 14.3. The van der Waals surface area contributed by atoms with Crippen molar-refractivity contribution < 1.29 is 57.6 Å². The predicted octanol–water partition coefficient (Wildman–Crippen LogP) is 3.71. The number of aliphatic hydroxyl groups excluding tert-OH is 2. The first-order valence-corrected chi connectivity index (χ1v) is 16.9. The number of carbonyl (C=O) groups is 1. The summed E-state index contributed by atoms with van der Waals surface area (Å²) < 4.78 is 56.0. The second-order valence-corrected chi connectivity index (χ2v) is 12.4. The summed E-state index contributed by atoms with van der Waals surface area (Å²) in [5.74, 6) is -0.662. The summed E-state index contributed by atoms with van der Waals surface area (Å²) in [5, 5.41) is 21.7. The van der Waals surface area contributed by atoms with Gasteiger partial charge in [0.1, 0.15) is 42.2 Å². The third kappa shape index (κ3) is 9.67. The first kappa shape index (κ1) is 38.7. The molecule has 0 unspecified atom stereocenters. The van der Waals surface area contributed by atoms with Crippen LogP contribution in [0, 0.1) is 0 Å². The van der Waals surface area contributed by atoms with Crippen LogP contribution >= 0.6 is 0 Å². The maximum Gasteiger partial charge on any atom is 0.303 e. The molecule has 2 heterocycles. The van der Waals surface area contributed by atoms with Gasteiger partial charge in [0.25, 0.3) is 0 Å². The van der Waals surface area contributed by atoms with Crippen molar-refractivity contribution in [3.63, 3.8) is 0 Å². The topological polar surface area (TPSA) is 141 Å². The predicted molar refractivity (Wildman–Crippen MR) is 184 cm³/mol. The molecule has 276 valence electrons. The molecule has 3 aromatic carbocycles. The Labute approximate surface area is 298 Å². The maximum atomic E-state index is 12.4. The maximum absolute atomic E-state index is 12.4. The second-order valence-electron chi connectivity index (χ2n) is 12.4. The lowest BCUT2D eigenvalue weighted by molar-refractivity contribution is -0.377. The fourth-order valence-corrected chi connectivity index (χ4v) is 6.30. The molecule has 2 aliphatic heterocycles. The summed E-state index contributed by atoms with van der Waals surface area (Å²) in [6.07, 6.45) is -8.50. The number of methoxy groups -OCH3 is 2. The van der Waals surface area contributed by atoms with Gasteiger partial charge in [-0.3, -0.25) is 4.79 Å². The SMILES string of the molecule is C=C[C@]1(CO)O[C@@H](O[C@H]2[C@H](OCc3ccccc3)[C@@H](OCc3ccccc3)[C@@H](OC)O[C@@H]2COCc2ccccc2)[C@@H](OC(C)=O)[C@@H](OC)[C@@H]1O. The standard InChI is InChI=1S/C39H48O12/c1-5-39(25-40)36(42)33(43-3)35(48-26(2)41)38(51-39)50-31-30(24-45-21-27-15-9-6-10-16-27)49-37(44-4)34(47-23-29-19-13-8-14-20-29)32(31)46-22-28-17-11-7-12-18-28/h5-20,30-38,40,42H,1,21-25H2,2-4H3/t30-,31-,32+,33-,34-,35+,36+,37+,38-,39-/m1/s1. The molecule has 0 radical (unpaired) electrons. The number of esters is 1. The van der Waals surface area contributed by atoms with E-state index >= 15 is 0 Å². The number of hydrogen-bond acceptors (Lipinski definition) is 12. The zero-order valence-electron chi connectivity index (χ0n) is 29.2. The van der Waals surface area contributed by atoms with E-state index in [2.05, 4.69) is 6.58 Å². The molecule has 0 aliphatic carbocycles. The molecule has 2 fully saturated rings. The molecule has 0 saturated carbocycles. The lowest BCUT2D eigenvalue weighted by Gasteiger charge is -2.51. The molecule has 3 aromatic rings. The van der Waals surface area contributed by atoms with Crippen molar-refractivity contribution in [2.75, 3.05) is 27.4 Å². The number of ether oxygens (including phenoxy) is 9. The zero-order chi connectivity index (χ0) is 36.2. The van der Waals surface area contributed by atoms with Gasteiger partial charge in [-0.2, -0.15) is 0 Å². The normalized spacial score (nSPS) is 30.8. The van der Waals surface area contributed by atoms with E-state index in [0.29, 0.717) is 0 Å². The van der Waals surface area contributed by atoms with Gasteiger partial charge in [-0.05, 0) is 16.7 Å². The van der Waals surface area contributed by atoms with E-state index in [0.717, 1.165) is 16.7 Å². The molecular formula is C39H48O12. The van der Waals surface area contributed by atoms with Gasteiger partial charge in [-0.25, -0.2) is 0 Å². The van der Waals surface area contributed by atoms with Crippen molar-refractivity contribution in [1.82, 2.24) is 0 Å². The second kappa shape index (κ2) is 18.8. The van der Waals surface area contributed by atoms with Crippen molar-refractivity contribution in [2.45, 2.75) is 87.7 Å². The first-order valence-electron chi connectivity index (χ1n) is 16.9. The third-order valence-corrected chi connectivity index (χ3v) is 8.99. The van der Waals surface area contributed by atoms with E-state index in [1.807, 2.05) is 91.0 Å². The molecule has 2 N–H and O–H groups in total. The van der Waals surface area contributed by atoms with Crippen molar-refractivity contribution >= 4 is 5.97 Å². The van der Waals surface area contributed by atoms with Crippen LogP contribution in [-0.4, -0.2) is 105 Å². The van der Waals surface area contributed by atoms with Crippen LogP contribution < -0.4 is 0 Å². The largest absolute Gasteiger partial charge is 0.454 e. The van der Waals surface area contributed by atoms with Gasteiger partial charge >= 0.3 is 5.97 Å². The van der Waals surface area contributed by atoms with E-state index in [9.17, 15) is 15.0 Å². The van der Waals surface area contributed by atoms with Gasteiger partial charge < -0.3 is 52.8 Å². The fraction of sp³-hybridized carbons (Fsp3) is 0.462. The van der Waals surface area contributed by atoms with Crippen LogP contribution in [0.2, 0.25) is 0 Å². The number of hydrogen-bond donors (Lipinski definition) is 2. The van der Waals surface area contributed by atoms with Crippen LogP contribution in [0.5, 0.6) is 0 Å². The minimum atomic E-state index is -1.73. The lowest BCUT2D eigenvalue weighted by Crippen LogP contribution is -2.69. The Bertz CT molecular complexity index is 1480. The van der Waals surface area contributed by atoms with Crippen LogP contribution in [0.15, 0.2) is 104 Å². The van der Waals surface area contributed by atoms with Crippen molar-refractivity contribution in [2.24, 2.45) is 0 Å². The molecule has 12 heteroatoms. The lowest BCUT2D eigenvalue weighted by atomic mass is 9.86. The molecule has 5 rings (SSSR count). The molecule has 2 aliphatic rings. The smallest absolute Gasteiger partial charge is 0.303 e. The summed E-state index contributed by atoms with van der Waals surface area (Å²) in [7, 11) is 2.87. The number of rotatable bonds is 17. The Morgan fingerprint density at radius 1 is 0.765 bits per heavy atom. The van der Waals surface area contributed by atoms with E-state index in [1.54, 1.807) is 0 Å². The highest BCUT2D eigenvalue weighted by atomic mass is 16.8. The van der Waals surface area contributed by atoms with Gasteiger partial charge in [0.15, 0.2) is 18.7 Å². The van der Waals surface area contributed by atoms with Crippen molar-refractivity contribution in [3.05, 3.63) is 120 Å². The van der Waals surface area contributed by atoms with Gasteiger partial charge in [0, 0.05) is 21.1 Å². The number of carbonyl (C=O) groups excluding carboxylic acids is 1. The molecule has 10 atom stereocenters. The summed E-state index contributed by atoms with van der Waals surface area (Å²) in [5.41, 5.74) is 1.04. The minimum absolute atomic E-state index is 0.0317. The van der Waals surface area contributed by atoms with Crippen molar-refractivity contribution in [3.8, 4) is 0 Å². The monoisotopic (exact) mass is 708 g/mol. The molecule has 2 saturated heterocycles. The van der Waals surface area contributed by atoms with Crippen LogP contribution in [0.4, 0.5) is 0 Å². The van der Waals surface area contributed by atoms with E-state index in [4.69, 9.17) is 42.6 Å². The van der Waals surface area contributed by atoms with E-state index in [-0.39, 0.29) is 26.4 Å². The Balaban J connectivity index is 1.53. The van der Waals surface area contributed by atoms with E-state index in [1.165, 1.54) is 27.2 Å². The third-order valence-electron chi connectivity index (χ3n) is 8.99. The van der Waals surface area contributed by atoms with Crippen molar-refractivity contribution in [1.29, 1.82) is 0 Å². The van der Waals surface area contributed by atoms with Gasteiger partial charge in [0.2, 0.25) is 0 Å². The average molecular weight is 709 g/mol. The highest BCUT2D eigenvalue weighted by Gasteiger charge is 2.58. The van der Waals surface area contributed by atoms with Gasteiger partial charge in [0.05, 0.1) is 33.0 Å². The van der Waals surface area contributed by atoms with E-state index < -0.39 is 73.5 Å². The Hall–Kier alpha value is -3.53. The quantitative estimate of drug-likeness (QED) is 0.156. The molecule has 12 nitrogen and oxygen atoms in total. The van der Waals surface area contributed by atoms with Gasteiger partial charge in [-0.15, -0.1) is 6.58 Å². The van der Waals surface area contributed by atoms with Crippen LogP contribution in [-0.2, 0) is 67.2 Å². The number of aliphatic hydroxyl groups is 2. The first-order chi connectivity index (χ1) is 24.8. The molecule has 0 aromatic heterocycles. The highest BCUT2D eigenvalue weighted by molar-refractivity contribution is 5.66. The summed E-state index contributed by atoms with van der Waals surface area (Å²) in [6.45, 7) is 5.05. The number of benzene rings is 3. The molecule has 0 spiro atoms. The van der Waals surface area contributed by atoms with Gasteiger partial charge in [-0.1, -0.05) is 97.1 Å². The zero-order valence-corrected chi connectivity index (χ0v) is 29.2. The van der Waals surface area contributed by atoms with Crippen LogP contribution in [0.3, 0.4) is 0 Å². The molecule has 0 bridgehead atoms. The van der Waals surface area contributed by atoms with Crippen LogP contribution in [0.25, 0.3) is 0 Å². The molecular weight excluding hydrogens is 660 g/mol. The van der Waals surface area contributed by atoms with Crippen LogP contribution in [0.1, 0.15) is 23.6 Å². The molecule has 0 amide bonds. The summed E-state index contributed by atoms with van der Waals surface area (Å²) in [6, 6.07) is 28.9. The Morgan fingerprint density at radius 3 is 1.80 bits per heavy atom. The Morgan fingerprint density at radius 2 is 1.31 bits per heavy atom. The summed E-state index contributed by atoms with van der Waals surface area (Å²) >= 11 is 0. The minimum Gasteiger partial charge on any atom is -0.454 e. The fourth-order valence-electron chi connectivity index (χ4n) is 6.30. The average Bonchev–Trinajstić information content (AvgIpc) is 3.16. The summed E-state index contributed by atoms with van der Waals surface area (Å²) in [4.78, 5) is 12.4.